The van der Waals surface area contributed by atoms with Crippen molar-refractivity contribution in [1.29, 1.82) is 0 Å². The predicted octanol–water partition coefficient (Wildman–Crippen LogP) is 2.38. The molecule has 1 amide bonds. The number of nitrogens with two attached hydrogens (primary N) is 1. The van der Waals surface area contributed by atoms with Crippen LogP contribution in [0.5, 0.6) is 0 Å². The van der Waals surface area contributed by atoms with Crippen LogP contribution in [0.25, 0.3) is 0 Å². The van der Waals surface area contributed by atoms with E-state index in [9.17, 15) is 18.0 Å². The second-order valence-corrected chi connectivity index (χ2v) is 4.34. The zero-order valence-corrected chi connectivity index (χ0v) is 9.98. The van der Waals surface area contributed by atoms with Gasteiger partial charge in [0.15, 0.2) is 0 Å². The van der Waals surface area contributed by atoms with Gasteiger partial charge in [0.25, 0.3) is 0 Å². The van der Waals surface area contributed by atoms with Crippen molar-refractivity contribution in [2.75, 3.05) is 18.0 Å². The quantitative estimate of drug-likeness (QED) is 0.900. The van der Waals surface area contributed by atoms with Crippen LogP contribution in [0, 0.1) is 0 Å². The van der Waals surface area contributed by atoms with Crippen LogP contribution in [0.1, 0.15) is 12.0 Å². The van der Waals surface area contributed by atoms with E-state index in [1.54, 1.807) is 11.0 Å². The third-order valence-corrected chi connectivity index (χ3v) is 2.97. The smallest absolute Gasteiger partial charge is 0.416 e. The highest BCUT2D eigenvalue weighted by atomic mass is 19.4. The second-order valence-electron chi connectivity index (χ2n) is 4.34. The van der Waals surface area contributed by atoms with Crippen molar-refractivity contribution in [3.05, 3.63) is 29.8 Å². The van der Waals surface area contributed by atoms with Gasteiger partial charge in [-0.3, -0.25) is 0 Å². The number of anilines is 1. The van der Waals surface area contributed by atoms with Crippen molar-refractivity contribution in [2.24, 2.45) is 5.73 Å². The fraction of sp³-hybridized carbons (Fsp3) is 0.417. The minimum atomic E-state index is -4.36. The second kappa shape index (κ2) is 4.99. The van der Waals surface area contributed by atoms with E-state index in [1.807, 2.05) is 0 Å². The SMILES string of the molecule is NC(=O)OC1CCN(c2cccc(C(F)(F)F)c2)C1. The van der Waals surface area contributed by atoms with Crippen molar-refractivity contribution in [3.8, 4) is 0 Å². The molecule has 2 rings (SSSR count). The van der Waals surface area contributed by atoms with Gasteiger partial charge in [-0.15, -0.1) is 0 Å². The fourth-order valence-electron chi connectivity index (χ4n) is 2.10. The zero-order chi connectivity index (χ0) is 14.0. The summed E-state index contributed by atoms with van der Waals surface area (Å²) in [5.41, 5.74) is 4.68. The number of rotatable bonds is 2. The van der Waals surface area contributed by atoms with E-state index in [-0.39, 0.29) is 6.10 Å². The Kier molecular flexibility index (Phi) is 3.55. The number of nitrogens with zero attached hydrogens (tertiary/aromatic N) is 1. The maximum Gasteiger partial charge on any atom is 0.416 e. The number of benzene rings is 1. The van der Waals surface area contributed by atoms with Gasteiger partial charge < -0.3 is 15.4 Å². The highest BCUT2D eigenvalue weighted by Crippen LogP contribution is 2.32. The maximum atomic E-state index is 12.6. The van der Waals surface area contributed by atoms with E-state index in [2.05, 4.69) is 0 Å². The average Bonchev–Trinajstić information content (AvgIpc) is 2.76. The van der Waals surface area contributed by atoms with Crippen molar-refractivity contribution >= 4 is 11.8 Å². The predicted molar refractivity (Wildman–Crippen MR) is 62.7 cm³/mol. The molecule has 1 atom stereocenters. The molecule has 0 bridgehead atoms. The molecule has 0 radical (unpaired) electrons. The van der Waals surface area contributed by atoms with Gasteiger partial charge in [-0.25, -0.2) is 4.79 Å². The van der Waals surface area contributed by atoms with Crippen molar-refractivity contribution in [3.63, 3.8) is 0 Å². The third kappa shape index (κ3) is 3.30. The summed E-state index contributed by atoms with van der Waals surface area (Å²) in [6.07, 6.45) is -5.04. The normalized spacial score (nSPS) is 19.5. The van der Waals surface area contributed by atoms with E-state index >= 15 is 0 Å². The summed E-state index contributed by atoms with van der Waals surface area (Å²) in [7, 11) is 0. The summed E-state index contributed by atoms with van der Waals surface area (Å²) < 4.78 is 42.6. The van der Waals surface area contributed by atoms with Crippen LogP contribution in [0.3, 0.4) is 0 Å². The highest BCUT2D eigenvalue weighted by molar-refractivity contribution is 5.65. The number of alkyl halides is 3. The van der Waals surface area contributed by atoms with Gasteiger partial charge in [0, 0.05) is 18.7 Å². The Morgan fingerprint density at radius 1 is 1.42 bits per heavy atom. The summed E-state index contributed by atoms with van der Waals surface area (Å²) in [6.45, 7) is 0.878. The molecular formula is C12H13F3N2O2. The minimum absolute atomic E-state index is 0.351. The monoisotopic (exact) mass is 274 g/mol. The van der Waals surface area contributed by atoms with Gasteiger partial charge in [0.2, 0.25) is 0 Å². The lowest BCUT2D eigenvalue weighted by molar-refractivity contribution is -0.137. The topological polar surface area (TPSA) is 55.6 Å². The number of carbonyl (C=O) groups is 1. The number of hydrogen-bond donors (Lipinski definition) is 1. The molecule has 1 aromatic carbocycles. The number of halogens is 3. The molecule has 1 unspecified atom stereocenters. The molecule has 0 spiro atoms. The number of ether oxygens (including phenoxy) is 1. The minimum Gasteiger partial charge on any atom is -0.444 e. The van der Waals surface area contributed by atoms with Crippen molar-refractivity contribution in [2.45, 2.75) is 18.7 Å². The molecule has 0 saturated carbocycles. The molecule has 1 saturated heterocycles. The fourth-order valence-corrected chi connectivity index (χ4v) is 2.10. The van der Waals surface area contributed by atoms with Crippen LogP contribution in [-0.2, 0) is 10.9 Å². The molecule has 104 valence electrons. The van der Waals surface area contributed by atoms with Gasteiger partial charge in [0.1, 0.15) is 6.10 Å². The van der Waals surface area contributed by atoms with Crippen molar-refractivity contribution < 1.29 is 22.7 Å². The summed E-state index contributed by atoms with van der Waals surface area (Å²) in [4.78, 5) is 12.4. The molecule has 0 aromatic heterocycles. The average molecular weight is 274 g/mol. The van der Waals surface area contributed by atoms with Gasteiger partial charge in [0.05, 0.1) is 12.1 Å². The van der Waals surface area contributed by atoms with Crippen LogP contribution >= 0.6 is 0 Å². The van der Waals surface area contributed by atoms with E-state index in [0.29, 0.717) is 25.2 Å². The molecule has 19 heavy (non-hydrogen) atoms. The Labute approximate surface area is 107 Å². The van der Waals surface area contributed by atoms with Crippen molar-refractivity contribution in [1.82, 2.24) is 0 Å². The van der Waals surface area contributed by atoms with E-state index < -0.39 is 17.8 Å². The molecule has 7 heteroatoms. The van der Waals surface area contributed by atoms with Gasteiger partial charge in [-0.1, -0.05) is 6.07 Å². The lowest BCUT2D eigenvalue weighted by Gasteiger charge is -2.19. The first-order chi connectivity index (χ1) is 8.86. The van der Waals surface area contributed by atoms with Crippen LogP contribution in [0.2, 0.25) is 0 Å². The molecule has 2 N–H and O–H groups in total. The Morgan fingerprint density at radius 2 is 2.16 bits per heavy atom. The largest absolute Gasteiger partial charge is 0.444 e. The van der Waals surface area contributed by atoms with Gasteiger partial charge >= 0.3 is 12.3 Å². The molecule has 1 aliphatic rings. The molecule has 1 aliphatic heterocycles. The van der Waals surface area contributed by atoms with Crippen LogP contribution in [0.15, 0.2) is 24.3 Å². The summed E-state index contributed by atoms with van der Waals surface area (Å²) in [6, 6.07) is 5.08. The Balaban J connectivity index is 2.09. The zero-order valence-electron chi connectivity index (χ0n) is 9.98. The lowest BCUT2D eigenvalue weighted by Crippen LogP contribution is -2.27. The van der Waals surface area contributed by atoms with Gasteiger partial charge in [-0.2, -0.15) is 13.2 Å². The summed E-state index contributed by atoms with van der Waals surface area (Å²) in [5.74, 6) is 0. The molecule has 4 nitrogen and oxygen atoms in total. The van der Waals surface area contributed by atoms with E-state index in [0.717, 1.165) is 12.1 Å². The number of hydrogen-bond acceptors (Lipinski definition) is 3. The van der Waals surface area contributed by atoms with Crippen LogP contribution < -0.4 is 10.6 Å². The Morgan fingerprint density at radius 3 is 2.79 bits per heavy atom. The van der Waals surface area contributed by atoms with Crippen LogP contribution in [-0.4, -0.2) is 25.3 Å². The number of primary amides is 1. The Bertz CT molecular complexity index is 476. The Hall–Kier alpha value is -1.92. The molecule has 0 aliphatic carbocycles. The van der Waals surface area contributed by atoms with Crippen LogP contribution in [0.4, 0.5) is 23.7 Å². The first-order valence-electron chi connectivity index (χ1n) is 5.74. The molecule has 1 aromatic rings. The van der Waals surface area contributed by atoms with E-state index in [1.165, 1.54) is 6.07 Å². The lowest BCUT2D eigenvalue weighted by atomic mass is 10.2. The van der Waals surface area contributed by atoms with E-state index in [4.69, 9.17) is 10.5 Å². The molecular weight excluding hydrogens is 261 g/mol. The first kappa shape index (κ1) is 13.5. The van der Waals surface area contributed by atoms with Gasteiger partial charge in [-0.05, 0) is 18.2 Å². The summed E-state index contributed by atoms with van der Waals surface area (Å²) >= 11 is 0. The third-order valence-electron chi connectivity index (χ3n) is 2.97. The first-order valence-corrected chi connectivity index (χ1v) is 5.74. The molecule has 1 heterocycles. The highest BCUT2D eigenvalue weighted by Gasteiger charge is 2.32. The summed E-state index contributed by atoms with van der Waals surface area (Å²) in [5, 5.41) is 0. The standard InChI is InChI=1S/C12H13F3N2O2/c13-12(14,15)8-2-1-3-9(6-8)17-5-4-10(7-17)19-11(16)18/h1-3,6,10H,4-5,7H2,(H2,16,18). The number of carbonyl (C=O) groups excluding carboxylic acids is 1. The molecule has 1 fully saturated rings. The number of amides is 1. The maximum absolute atomic E-state index is 12.6.